The molecule has 80 valence electrons. The van der Waals surface area contributed by atoms with Gasteiger partial charge in [0.2, 0.25) is 0 Å². The number of hydroxylamine groups is 2. The van der Waals surface area contributed by atoms with Gasteiger partial charge in [-0.2, -0.15) is 0 Å². The molecule has 0 saturated carbocycles. The molecule has 4 heteroatoms. The van der Waals surface area contributed by atoms with Gasteiger partial charge >= 0.3 is 0 Å². The summed E-state index contributed by atoms with van der Waals surface area (Å²) in [6.07, 6.45) is 0.767. The summed E-state index contributed by atoms with van der Waals surface area (Å²) in [6.45, 7) is 1.79. The van der Waals surface area contributed by atoms with Gasteiger partial charge in [-0.15, -0.1) is 0 Å². The Kier molecular flexibility index (Phi) is 3.57. The maximum absolute atomic E-state index is 11.6. The Morgan fingerprint density at radius 1 is 1.47 bits per heavy atom. The molecule has 0 fully saturated rings. The topological polar surface area (TPSA) is 46.6 Å². The molecular weight excluding hydrogens is 194 g/mol. The van der Waals surface area contributed by atoms with Crippen molar-refractivity contribution in [2.45, 2.75) is 6.92 Å². The fourth-order valence-electron chi connectivity index (χ4n) is 1.21. The van der Waals surface area contributed by atoms with Crippen molar-refractivity contribution in [3.8, 4) is 0 Å². The van der Waals surface area contributed by atoms with Crippen molar-refractivity contribution in [1.82, 2.24) is 5.06 Å². The van der Waals surface area contributed by atoms with Crippen LogP contribution in [0.15, 0.2) is 18.2 Å². The quantitative estimate of drug-likeness (QED) is 0.556. The fourth-order valence-corrected chi connectivity index (χ4v) is 1.21. The van der Waals surface area contributed by atoms with Crippen LogP contribution >= 0.6 is 0 Å². The average molecular weight is 207 g/mol. The second-order valence-corrected chi connectivity index (χ2v) is 3.17. The SMILES string of the molecule is CON(C)C(=O)c1ccc(C=O)c(C)c1. The van der Waals surface area contributed by atoms with Gasteiger partial charge < -0.3 is 0 Å². The Labute approximate surface area is 88.4 Å². The maximum atomic E-state index is 11.6. The minimum Gasteiger partial charge on any atom is -0.298 e. The zero-order valence-corrected chi connectivity index (χ0v) is 8.98. The molecule has 1 amide bonds. The van der Waals surface area contributed by atoms with Gasteiger partial charge in [0, 0.05) is 18.2 Å². The van der Waals surface area contributed by atoms with Crippen molar-refractivity contribution in [2.24, 2.45) is 0 Å². The lowest BCUT2D eigenvalue weighted by atomic mass is 10.1. The van der Waals surface area contributed by atoms with Crippen LogP contribution in [0.2, 0.25) is 0 Å². The molecule has 1 aromatic carbocycles. The Morgan fingerprint density at radius 3 is 2.60 bits per heavy atom. The van der Waals surface area contributed by atoms with E-state index in [9.17, 15) is 9.59 Å². The van der Waals surface area contributed by atoms with E-state index in [0.717, 1.165) is 16.9 Å². The smallest absolute Gasteiger partial charge is 0.277 e. The van der Waals surface area contributed by atoms with Gasteiger partial charge in [0.05, 0.1) is 7.11 Å². The molecule has 0 N–H and O–H groups in total. The highest BCUT2D eigenvalue weighted by molar-refractivity contribution is 5.94. The van der Waals surface area contributed by atoms with E-state index in [-0.39, 0.29) is 5.91 Å². The summed E-state index contributed by atoms with van der Waals surface area (Å²) in [6, 6.07) is 4.90. The van der Waals surface area contributed by atoms with Crippen molar-refractivity contribution >= 4 is 12.2 Å². The predicted octanol–water partition coefficient (Wildman–Crippen LogP) is 1.44. The molecule has 4 nitrogen and oxygen atoms in total. The van der Waals surface area contributed by atoms with E-state index in [1.165, 1.54) is 14.2 Å². The molecule has 0 unspecified atom stereocenters. The third-order valence-corrected chi connectivity index (χ3v) is 2.20. The summed E-state index contributed by atoms with van der Waals surface area (Å²) in [5, 5.41) is 1.13. The molecule has 0 atom stereocenters. The van der Waals surface area contributed by atoms with E-state index in [0.29, 0.717) is 11.1 Å². The van der Waals surface area contributed by atoms with Gasteiger partial charge in [0.1, 0.15) is 6.29 Å². The second-order valence-electron chi connectivity index (χ2n) is 3.17. The lowest BCUT2D eigenvalue weighted by molar-refractivity contribution is -0.0757. The number of carbonyl (C=O) groups is 2. The molecule has 0 bridgehead atoms. The first-order valence-electron chi connectivity index (χ1n) is 4.48. The number of hydrogen-bond donors (Lipinski definition) is 0. The Bertz CT molecular complexity index is 387. The van der Waals surface area contributed by atoms with Crippen LogP contribution in [0.3, 0.4) is 0 Å². The van der Waals surface area contributed by atoms with Crippen molar-refractivity contribution < 1.29 is 14.4 Å². The van der Waals surface area contributed by atoms with Crippen LogP contribution in [0.5, 0.6) is 0 Å². The van der Waals surface area contributed by atoms with Crippen molar-refractivity contribution in [1.29, 1.82) is 0 Å². The lowest BCUT2D eigenvalue weighted by Crippen LogP contribution is -2.25. The largest absolute Gasteiger partial charge is 0.298 e. The number of benzene rings is 1. The number of amides is 1. The Balaban J connectivity index is 3.02. The molecule has 15 heavy (non-hydrogen) atoms. The molecular formula is C11H13NO3. The summed E-state index contributed by atoms with van der Waals surface area (Å²) < 4.78 is 0. The van der Waals surface area contributed by atoms with E-state index < -0.39 is 0 Å². The van der Waals surface area contributed by atoms with Crippen molar-refractivity contribution in [2.75, 3.05) is 14.2 Å². The molecule has 0 aliphatic heterocycles. The molecule has 0 aliphatic carbocycles. The third-order valence-electron chi connectivity index (χ3n) is 2.20. The van der Waals surface area contributed by atoms with Crippen LogP contribution in [-0.2, 0) is 4.84 Å². The van der Waals surface area contributed by atoms with Crippen LogP contribution in [0.4, 0.5) is 0 Å². The minimum absolute atomic E-state index is 0.238. The summed E-state index contributed by atoms with van der Waals surface area (Å²) in [5.74, 6) is -0.238. The standard InChI is InChI=1S/C11H13NO3/c1-8-6-9(4-5-10(8)7-13)11(14)12(2)15-3/h4-7H,1-3H3. The molecule has 0 aromatic heterocycles. The van der Waals surface area contributed by atoms with Crippen LogP contribution < -0.4 is 0 Å². The number of carbonyl (C=O) groups excluding carboxylic acids is 2. The Morgan fingerprint density at radius 2 is 2.13 bits per heavy atom. The summed E-state index contributed by atoms with van der Waals surface area (Å²) >= 11 is 0. The molecule has 1 rings (SSSR count). The summed E-state index contributed by atoms with van der Waals surface area (Å²) in [5.41, 5.74) is 1.87. The normalized spacial score (nSPS) is 9.80. The maximum Gasteiger partial charge on any atom is 0.277 e. The van der Waals surface area contributed by atoms with Crippen LogP contribution in [0, 0.1) is 6.92 Å². The number of aldehydes is 1. The van der Waals surface area contributed by atoms with Gasteiger partial charge in [-0.05, 0) is 24.6 Å². The highest BCUT2D eigenvalue weighted by Gasteiger charge is 2.11. The number of hydrogen-bond acceptors (Lipinski definition) is 3. The summed E-state index contributed by atoms with van der Waals surface area (Å²) in [7, 11) is 2.95. The van der Waals surface area contributed by atoms with Crippen molar-refractivity contribution in [3.63, 3.8) is 0 Å². The predicted molar refractivity (Wildman–Crippen MR) is 55.7 cm³/mol. The first kappa shape index (κ1) is 11.4. The second kappa shape index (κ2) is 4.70. The molecule has 0 aliphatic rings. The van der Waals surface area contributed by atoms with Crippen LogP contribution in [0.1, 0.15) is 26.3 Å². The minimum atomic E-state index is -0.238. The van der Waals surface area contributed by atoms with E-state index in [2.05, 4.69) is 0 Å². The number of rotatable bonds is 3. The molecule has 0 heterocycles. The third kappa shape index (κ3) is 2.41. The van der Waals surface area contributed by atoms with E-state index in [1.807, 2.05) is 0 Å². The number of aryl methyl sites for hydroxylation is 1. The molecule has 1 aromatic rings. The fraction of sp³-hybridized carbons (Fsp3) is 0.273. The van der Waals surface area contributed by atoms with Crippen LogP contribution in [-0.4, -0.2) is 31.4 Å². The zero-order valence-electron chi connectivity index (χ0n) is 8.98. The average Bonchev–Trinajstić information content (AvgIpc) is 2.26. The first-order chi connectivity index (χ1) is 7.10. The number of nitrogens with zero attached hydrogens (tertiary/aromatic N) is 1. The van der Waals surface area contributed by atoms with Gasteiger partial charge in [0.15, 0.2) is 0 Å². The van der Waals surface area contributed by atoms with Gasteiger partial charge in [-0.1, -0.05) is 6.07 Å². The van der Waals surface area contributed by atoms with Gasteiger partial charge in [0.25, 0.3) is 5.91 Å². The monoisotopic (exact) mass is 207 g/mol. The Hall–Kier alpha value is -1.68. The summed E-state index contributed by atoms with van der Waals surface area (Å²) in [4.78, 5) is 27.0. The van der Waals surface area contributed by atoms with Gasteiger partial charge in [-0.3, -0.25) is 14.4 Å². The molecule has 0 spiro atoms. The first-order valence-corrected chi connectivity index (χ1v) is 4.48. The zero-order chi connectivity index (χ0) is 11.4. The van der Waals surface area contributed by atoms with E-state index >= 15 is 0 Å². The highest BCUT2D eigenvalue weighted by Crippen LogP contribution is 2.10. The van der Waals surface area contributed by atoms with E-state index in [4.69, 9.17) is 4.84 Å². The van der Waals surface area contributed by atoms with Crippen molar-refractivity contribution in [3.05, 3.63) is 34.9 Å². The molecule has 0 saturated heterocycles. The highest BCUT2D eigenvalue weighted by atomic mass is 16.7. The van der Waals surface area contributed by atoms with Crippen LogP contribution in [0.25, 0.3) is 0 Å². The van der Waals surface area contributed by atoms with E-state index in [1.54, 1.807) is 25.1 Å². The molecule has 0 radical (unpaired) electrons. The van der Waals surface area contributed by atoms with Gasteiger partial charge in [-0.25, -0.2) is 5.06 Å². The lowest BCUT2D eigenvalue weighted by Gasteiger charge is -2.13.